The molecule has 0 saturated heterocycles. The van der Waals surface area contributed by atoms with Crippen LogP contribution in [-0.2, 0) is 28.2 Å². The molecule has 0 bridgehead atoms. The Kier molecular flexibility index (Phi) is 5.33. The number of fused-ring (bicyclic) bond motifs is 2. The first kappa shape index (κ1) is 24.1. The van der Waals surface area contributed by atoms with Gasteiger partial charge in [-0.3, -0.25) is 4.98 Å². The van der Waals surface area contributed by atoms with Crippen LogP contribution in [0, 0.1) is 11.3 Å². The molecule has 0 atom stereocenters. The van der Waals surface area contributed by atoms with Crippen molar-refractivity contribution in [2.45, 2.75) is 42.4 Å². The largest absolute Gasteiger partial charge is 0.334 e. The van der Waals surface area contributed by atoms with E-state index in [-0.39, 0.29) is 33.3 Å². The van der Waals surface area contributed by atoms with Crippen LogP contribution in [0.25, 0.3) is 33.5 Å². The molecule has 3 aromatic heterocycles. The first-order valence-corrected chi connectivity index (χ1v) is 12.7. The highest BCUT2D eigenvalue weighted by molar-refractivity contribution is 7.91. The minimum Gasteiger partial charge on any atom is -0.310 e. The molecule has 7 nitrogen and oxygen atoms in total. The number of benzene rings is 1. The fraction of sp³-hybridized carbons (Fsp3) is 0.333. The average molecular weight is 518 g/mol. The lowest BCUT2D eigenvalue weighted by molar-refractivity contribution is -0.135. The Bertz CT molecular complexity index is 1690. The van der Waals surface area contributed by atoms with Crippen LogP contribution < -0.4 is 0 Å². The van der Waals surface area contributed by atoms with Gasteiger partial charge in [-0.25, -0.2) is 27.2 Å². The lowest BCUT2D eigenvalue weighted by Crippen LogP contribution is -2.23. The van der Waals surface area contributed by atoms with Crippen LogP contribution in [0.5, 0.6) is 0 Å². The van der Waals surface area contributed by atoms with Gasteiger partial charge < -0.3 is 4.57 Å². The van der Waals surface area contributed by atoms with Gasteiger partial charge in [0.25, 0.3) is 0 Å². The van der Waals surface area contributed by atoms with Crippen LogP contribution in [0.15, 0.2) is 41.6 Å². The maximum Gasteiger partial charge on any atom is 0.334 e. The lowest BCUT2D eigenvalue weighted by Gasteiger charge is -2.14. The quantitative estimate of drug-likeness (QED) is 0.338. The van der Waals surface area contributed by atoms with Crippen molar-refractivity contribution < 1.29 is 26.0 Å². The number of hydrogen-bond donors (Lipinski definition) is 0. The lowest BCUT2D eigenvalue weighted by atomic mass is 9.95. The van der Waals surface area contributed by atoms with E-state index in [0.29, 0.717) is 17.0 Å². The number of alkyl halides is 4. The van der Waals surface area contributed by atoms with Gasteiger partial charge in [0.15, 0.2) is 21.3 Å². The molecule has 1 aliphatic rings. The Morgan fingerprint density at radius 3 is 2.53 bits per heavy atom. The summed E-state index contributed by atoms with van der Waals surface area (Å²) >= 11 is 0. The number of rotatable bonds is 6. The molecule has 5 rings (SSSR count). The topological polar surface area (TPSA) is 102 Å². The van der Waals surface area contributed by atoms with Gasteiger partial charge in [0.2, 0.25) is 0 Å². The molecular weight excluding hydrogens is 498 g/mol. The molecule has 1 saturated carbocycles. The number of halogens is 4. The minimum atomic E-state index is -4.42. The van der Waals surface area contributed by atoms with Gasteiger partial charge in [-0.05, 0) is 30.5 Å². The second-order valence-electron chi connectivity index (χ2n) is 8.82. The van der Waals surface area contributed by atoms with E-state index in [1.54, 1.807) is 18.2 Å². The molecule has 0 unspecified atom stereocenters. The van der Waals surface area contributed by atoms with E-state index in [9.17, 15) is 31.2 Å². The number of imidazole rings is 1. The third-order valence-electron chi connectivity index (χ3n) is 6.63. The Morgan fingerprint density at radius 1 is 1.19 bits per heavy atom. The summed E-state index contributed by atoms with van der Waals surface area (Å²) in [5.41, 5.74) is -0.806. The zero-order valence-corrected chi connectivity index (χ0v) is 20.0. The number of hydrogen-bond acceptors (Lipinski definition) is 6. The van der Waals surface area contributed by atoms with Gasteiger partial charge in [-0.2, -0.15) is 14.0 Å². The van der Waals surface area contributed by atoms with E-state index in [4.69, 9.17) is 0 Å². The molecule has 0 spiro atoms. The zero-order chi connectivity index (χ0) is 26.0. The Morgan fingerprint density at radius 2 is 1.92 bits per heavy atom. The zero-order valence-electron chi connectivity index (χ0n) is 19.1. The van der Waals surface area contributed by atoms with Crippen molar-refractivity contribution in [1.29, 1.82) is 5.26 Å². The summed E-state index contributed by atoms with van der Waals surface area (Å²) in [6.07, 6.45) is -0.356. The molecular formula is C24H19F4N5O2S. The summed E-state index contributed by atoms with van der Waals surface area (Å²) in [5, 5.41) is 10.4. The van der Waals surface area contributed by atoms with Gasteiger partial charge in [0.1, 0.15) is 16.1 Å². The van der Waals surface area contributed by atoms with Crippen molar-refractivity contribution in [1.82, 2.24) is 19.5 Å². The van der Waals surface area contributed by atoms with Crippen molar-refractivity contribution in [3.63, 3.8) is 0 Å². The smallest absolute Gasteiger partial charge is 0.310 e. The molecule has 0 amide bonds. The van der Waals surface area contributed by atoms with Crippen molar-refractivity contribution in [3.8, 4) is 17.6 Å². The monoisotopic (exact) mass is 517 g/mol. The molecule has 1 fully saturated rings. The molecule has 1 aromatic carbocycles. The summed E-state index contributed by atoms with van der Waals surface area (Å²) < 4.78 is 81.3. The second-order valence-corrected chi connectivity index (χ2v) is 11.0. The van der Waals surface area contributed by atoms with Gasteiger partial charge in [0, 0.05) is 35.8 Å². The highest BCUT2D eigenvalue weighted by Crippen LogP contribution is 2.48. The summed E-state index contributed by atoms with van der Waals surface area (Å²) in [4.78, 5) is 12.4. The van der Waals surface area contributed by atoms with E-state index < -0.39 is 33.2 Å². The first-order valence-electron chi connectivity index (χ1n) is 11.0. The average Bonchev–Trinajstić information content (AvgIpc) is 3.60. The number of aromatic nitrogens is 4. The van der Waals surface area contributed by atoms with E-state index in [2.05, 4.69) is 21.0 Å². The molecule has 4 aromatic rings. The third-order valence-corrected chi connectivity index (χ3v) is 8.43. The van der Waals surface area contributed by atoms with Crippen LogP contribution in [-0.4, -0.2) is 40.1 Å². The minimum absolute atomic E-state index is 0.0128. The van der Waals surface area contributed by atoms with Crippen LogP contribution in [0.4, 0.5) is 17.6 Å². The fourth-order valence-electron chi connectivity index (χ4n) is 4.30. The van der Waals surface area contributed by atoms with Gasteiger partial charge >= 0.3 is 12.3 Å². The molecule has 12 heteroatoms. The van der Waals surface area contributed by atoms with E-state index in [1.165, 1.54) is 24.7 Å². The molecule has 3 heterocycles. The standard InChI is InChI=1S/C24H19F4N5O2S/c1-3-36(34,35)19-16-5-4-14(23(12-29)6-7-23)8-13(16)10-30-18(19)21-32-17-9-15(24(27,28)22(25)26)11-31-20(17)33(21)2/h4-5,8-11,22H,3,6-7H2,1-2H3. The summed E-state index contributed by atoms with van der Waals surface area (Å²) in [6, 6.07) is 8.25. The third kappa shape index (κ3) is 3.52. The van der Waals surface area contributed by atoms with Gasteiger partial charge in [0.05, 0.1) is 17.2 Å². The van der Waals surface area contributed by atoms with E-state index >= 15 is 0 Å². The van der Waals surface area contributed by atoms with Gasteiger partial charge in [-0.1, -0.05) is 19.1 Å². The first-order chi connectivity index (χ1) is 16.9. The normalized spacial score (nSPS) is 15.5. The highest BCUT2D eigenvalue weighted by Gasteiger charge is 2.45. The second kappa shape index (κ2) is 7.96. The van der Waals surface area contributed by atoms with Crippen molar-refractivity contribution in [2.75, 3.05) is 5.75 Å². The summed E-state index contributed by atoms with van der Waals surface area (Å²) in [7, 11) is -2.36. The molecule has 0 radical (unpaired) electrons. The summed E-state index contributed by atoms with van der Waals surface area (Å²) in [6.45, 7) is 1.48. The fourth-order valence-corrected chi connectivity index (χ4v) is 5.55. The van der Waals surface area contributed by atoms with Crippen molar-refractivity contribution >= 4 is 31.8 Å². The molecule has 36 heavy (non-hydrogen) atoms. The number of nitrogens with zero attached hydrogens (tertiary/aromatic N) is 5. The number of pyridine rings is 2. The Balaban J connectivity index is 1.75. The number of sulfone groups is 1. The molecule has 1 aliphatic carbocycles. The SMILES string of the molecule is CCS(=O)(=O)c1c(-c2nc3cc(C(F)(F)C(F)F)cnc3n2C)ncc2cc(C3(C#N)CC3)ccc12. The van der Waals surface area contributed by atoms with Crippen molar-refractivity contribution in [2.24, 2.45) is 7.05 Å². The van der Waals surface area contributed by atoms with Crippen LogP contribution in [0.2, 0.25) is 0 Å². The summed E-state index contributed by atoms with van der Waals surface area (Å²) in [5.74, 6) is -4.63. The van der Waals surface area contributed by atoms with E-state index in [1.807, 2.05) is 0 Å². The Labute approximate surface area is 203 Å². The predicted molar refractivity (Wildman–Crippen MR) is 123 cm³/mol. The van der Waals surface area contributed by atoms with Gasteiger partial charge in [-0.15, -0.1) is 0 Å². The van der Waals surface area contributed by atoms with Crippen LogP contribution in [0.3, 0.4) is 0 Å². The number of aryl methyl sites for hydroxylation is 1. The maximum atomic E-state index is 13.9. The number of nitriles is 1. The van der Waals surface area contributed by atoms with E-state index in [0.717, 1.165) is 24.5 Å². The van der Waals surface area contributed by atoms with Crippen molar-refractivity contribution in [3.05, 3.63) is 47.8 Å². The van der Waals surface area contributed by atoms with Crippen LogP contribution >= 0.6 is 0 Å². The highest BCUT2D eigenvalue weighted by atomic mass is 32.2. The molecule has 186 valence electrons. The predicted octanol–water partition coefficient (Wildman–Crippen LogP) is 4.89. The molecule has 0 N–H and O–H groups in total. The van der Waals surface area contributed by atoms with Crippen LogP contribution in [0.1, 0.15) is 30.9 Å². The molecule has 0 aliphatic heterocycles. The Hall–Kier alpha value is -3.59. The maximum absolute atomic E-state index is 13.9.